The maximum absolute atomic E-state index is 10.3. The molecule has 13 heavy (non-hydrogen) atoms. The minimum absolute atomic E-state index is 0.413. The second kappa shape index (κ2) is 5.03. The summed E-state index contributed by atoms with van der Waals surface area (Å²) in [5, 5.41) is 11.2. The van der Waals surface area contributed by atoms with Crippen molar-refractivity contribution in [1.82, 2.24) is 20.2 Å². The second-order valence-electron chi connectivity index (χ2n) is 2.09. The summed E-state index contributed by atoms with van der Waals surface area (Å²) in [5.41, 5.74) is -0.893. The molecule has 0 spiro atoms. The molecule has 8 heteroatoms. The summed E-state index contributed by atoms with van der Waals surface area (Å²) in [5.74, 6) is 0. The molecule has 72 valence electrons. The van der Waals surface area contributed by atoms with E-state index in [4.69, 9.17) is 11.6 Å². The number of nitrogens with zero attached hydrogens (tertiary/aromatic N) is 4. The minimum Gasteiger partial charge on any atom is -0.371 e. The van der Waals surface area contributed by atoms with Gasteiger partial charge < -0.3 is 4.18 Å². The number of carbonyl (C=O) groups is 1. The molecule has 0 saturated carbocycles. The molecule has 1 aromatic rings. The SMILES string of the molecule is CCCn1nnnc1SOC(=O)Cl. The molecule has 0 amide bonds. The van der Waals surface area contributed by atoms with Crippen molar-refractivity contribution >= 4 is 29.1 Å². The standard InChI is InChI=1S/C5H7ClN4O2S/c1-2-3-10-5(7-8-9-10)13-12-4(6)11/h2-3H2,1H3. The van der Waals surface area contributed by atoms with Crippen LogP contribution in [0.25, 0.3) is 0 Å². The van der Waals surface area contributed by atoms with E-state index >= 15 is 0 Å². The Morgan fingerprint density at radius 1 is 1.77 bits per heavy atom. The number of tetrazole rings is 1. The van der Waals surface area contributed by atoms with Gasteiger partial charge in [0.25, 0.3) is 0 Å². The Hall–Kier alpha value is -0.820. The molecule has 0 aliphatic carbocycles. The zero-order chi connectivity index (χ0) is 9.68. The molecule has 0 unspecified atom stereocenters. The van der Waals surface area contributed by atoms with Gasteiger partial charge in [-0.15, -0.1) is 0 Å². The van der Waals surface area contributed by atoms with Gasteiger partial charge in [-0.25, -0.2) is 9.48 Å². The predicted octanol–water partition coefficient (Wildman–Crippen LogP) is 1.47. The number of rotatable bonds is 4. The van der Waals surface area contributed by atoms with Crippen molar-refractivity contribution in [2.24, 2.45) is 0 Å². The van der Waals surface area contributed by atoms with Crippen LogP contribution in [0.4, 0.5) is 4.79 Å². The van der Waals surface area contributed by atoms with Crippen LogP contribution in [0.2, 0.25) is 0 Å². The Kier molecular flexibility index (Phi) is 3.97. The van der Waals surface area contributed by atoms with Crippen LogP contribution in [0.1, 0.15) is 13.3 Å². The van der Waals surface area contributed by atoms with Crippen molar-refractivity contribution in [3.63, 3.8) is 0 Å². The third-order valence-corrected chi connectivity index (χ3v) is 1.96. The van der Waals surface area contributed by atoms with Gasteiger partial charge in [0, 0.05) is 18.1 Å². The Labute approximate surface area is 83.8 Å². The van der Waals surface area contributed by atoms with Crippen LogP contribution in [0.5, 0.6) is 0 Å². The van der Waals surface area contributed by atoms with Crippen LogP contribution in [0.15, 0.2) is 5.16 Å². The number of halogens is 1. The lowest BCUT2D eigenvalue weighted by Gasteiger charge is -1.99. The fourth-order valence-corrected chi connectivity index (χ4v) is 1.20. The van der Waals surface area contributed by atoms with E-state index in [9.17, 15) is 4.79 Å². The highest BCUT2D eigenvalue weighted by Crippen LogP contribution is 2.16. The molecule has 1 rings (SSSR count). The Bertz CT molecular complexity index is 292. The number of aromatic nitrogens is 4. The van der Waals surface area contributed by atoms with E-state index in [2.05, 4.69) is 19.7 Å². The van der Waals surface area contributed by atoms with Crippen LogP contribution >= 0.6 is 23.6 Å². The number of hydrogen-bond acceptors (Lipinski definition) is 6. The first kappa shape index (κ1) is 10.3. The van der Waals surface area contributed by atoms with Crippen molar-refractivity contribution in [3.8, 4) is 0 Å². The second-order valence-corrected chi connectivity index (χ2v) is 3.10. The lowest BCUT2D eigenvalue weighted by Crippen LogP contribution is -2.01. The predicted molar refractivity (Wildman–Crippen MR) is 46.3 cm³/mol. The Morgan fingerprint density at radius 3 is 3.15 bits per heavy atom. The third-order valence-electron chi connectivity index (χ3n) is 1.12. The monoisotopic (exact) mass is 222 g/mol. The highest BCUT2D eigenvalue weighted by molar-refractivity contribution is 7.95. The maximum Gasteiger partial charge on any atom is 0.416 e. The van der Waals surface area contributed by atoms with Crippen molar-refractivity contribution in [1.29, 1.82) is 0 Å². The molecule has 0 radical (unpaired) electrons. The zero-order valence-corrected chi connectivity index (χ0v) is 8.38. The highest BCUT2D eigenvalue weighted by atomic mass is 35.5. The zero-order valence-electron chi connectivity index (χ0n) is 6.81. The lowest BCUT2D eigenvalue weighted by molar-refractivity contribution is 0.232. The van der Waals surface area contributed by atoms with E-state index in [0.29, 0.717) is 11.7 Å². The van der Waals surface area contributed by atoms with Crippen molar-refractivity contribution in [3.05, 3.63) is 0 Å². The van der Waals surface area contributed by atoms with Gasteiger partial charge in [0.2, 0.25) is 5.16 Å². The van der Waals surface area contributed by atoms with Crippen LogP contribution in [0, 0.1) is 0 Å². The van der Waals surface area contributed by atoms with Crippen LogP contribution < -0.4 is 0 Å². The third kappa shape index (κ3) is 3.19. The fraction of sp³-hybridized carbons (Fsp3) is 0.600. The molecule has 0 aromatic carbocycles. The van der Waals surface area contributed by atoms with Crippen molar-refractivity contribution in [2.75, 3.05) is 0 Å². The van der Waals surface area contributed by atoms with E-state index in [-0.39, 0.29) is 0 Å². The molecule has 1 aromatic heterocycles. The first-order valence-electron chi connectivity index (χ1n) is 3.54. The topological polar surface area (TPSA) is 69.9 Å². The summed E-state index contributed by atoms with van der Waals surface area (Å²) in [4.78, 5) is 10.3. The quantitative estimate of drug-likeness (QED) is 0.568. The van der Waals surface area contributed by atoms with Crippen molar-refractivity contribution < 1.29 is 8.98 Å². The summed E-state index contributed by atoms with van der Waals surface area (Å²) >= 11 is 5.71. The minimum atomic E-state index is -0.893. The molecule has 0 saturated heterocycles. The largest absolute Gasteiger partial charge is 0.416 e. The van der Waals surface area contributed by atoms with E-state index < -0.39 is 5.43 Å². The smallest absolute Gasteiger partial charge is 0.371 e. The first-order chi connectivity index (χ1) is 6.24. The average molecular weight is 223 g/mol. The molecule has 0 aliphatic rings. The molecular weight excluding hydrogens is 216 g/mol. The summed E-state index contributed by atoms with van der Waals surface area (Å²) in [6, 6.07) is 0. The summed E-state index contributed by atoms with van der Waals surface area (Å²) in [7, 11) is 0. The number of hydrogen-bond donors (Lipinski definition) is 0. The van der Waals surface area contributed by atoms with Gasteiger partial charge in [-0.1, -0.05) is 12.0 Å². The highest BCUT2D eigenvalue weighted by Gasteiger charge is 2.08. The molecule has 6 nitrogen and oxygen atoms in total. The van der Waals surface area contributed by atoms with E-state index in [1.807, 2.05) is 6.92 Å². The fourth-order valence-electron chi connectivity index (χ4n) is 0.678. The summed E-state index contributed by atoms with van der Waals surface area (Å²) in [6.45, 7) is 2.67. The Morgan fingerprint density at radius 2 is 2.54 bits per heavy atom. The molecule has 0 aliphatic heterocycles. The van der Waals surface area contributed by atoms with Gasteiger partial charge in [0.15, 0.2) is 0 Å². The molecule has 0 N–H and O–H groups in total. The molecule has 0 atom stereocenters. The van der Waals surface area contributed by atoms with Crippen molar-refractivity contribution in [2.45, 2.75) is 25.0 Å². The summed E-state index contributed by atoms with van der Waals surface area (Å²) in [6.07, 6.45) is 0.896. The molecule has 0 bridgehead atoms. The first-order valence-corrected chi connectivity index (χ1v) is 4.66. The van der Waals surface area contributed by atoms with E-state index in [1.54, 1.807) is 0 Å². The summed E-state index contributed by atoms with van der Waals surface area (Å²) < 4.78 is 5.99. The van der Waals surface area contributed by atoms with Gasteiger partial charge >= 0.3 is 5.43 Å². The van der Waals surface area contributed by atoms with Gasteiger partial charge in [-0.3, -0.25) is 0 Å². The van der Waals surface area contributed by atoms with Crippen LogP contribution in [0.3, 0.4) is 0 Å². The average Bonchev–Trinajstić information content (AvgIpc) is 2.49. The van der Waals surface area contributed by atoms with Gasteiger partial charge in [-0.2, -0.15) is 0 Å². The Balaban J connectivity index is 2.54. The van der Waals surface area contributed by atoms with Crippen LogP contribution in [-0.2, 0) is 10.7 Å². The number of carbonyl (C=O) groups excluding carboxylic acids is 1. The maximum atomic E-state index is 10.3. The normalized spacial score (nSPS) is 10.0. The van der Waals surface area contributed by atoms with E-state index in [1.165, 1.54) is 4.68 Å². The lowest BCUT2D eigenvalue weighted by atomic mass is 10.5. The van der Waals surface area contributed by atoms with E-state index in [0.717, 1.165) is 18.5 Å². The van der Waals surface area contributed by atoms with Gasteiger partial charge in [0.1, 0.15) is 12.0 Å². The van der Waals surface area contributed by atoms with Gasteiger partial charge in [-0.05, 0) is 16.8 Å². The number of aryl methyl sites for hydroxylation is 1. The molecule has 1 heterocycles. The van der Waals surface area contributed by atoms with Crippen LogP contribution in [-0.4, -0.2) is 25.6 Å². The molecule has 0 fully saturated rings. The van der Waals surface area contributed by atoms with Gasteiger partial charge in [0.05, 0.1) is 0 Å². The molecular formula is C5H7ClN4O2S.